The summed E-state index contributed by atoms with van der Waals surface area (Å²) in [5.41, 5.74) is 1.73. The predicted molar refractivity (Wildman–Crippen MR) is 54.5 cm³/mol. The number of H-pyrrole nitrogens is 1. The van der Waals surface area contributed by atoms with Crippen LogP contribution in [0.5, 0.6) is 0 Å². The minimum atomic E-state index is 0.667. The van der Waals surface area contributed by atoms with Crippen molar-refractivity contribution in [3.63, 3.8) is 0 Å². The third-order valence-corrected chi connectivity index (χ3v) is 2.86. The van der Waals surface area contributed by atoms with Crippen molar-refractivity contribution in [2.24, 2.45) is 0 Å². The summed E-state index contributed by atoms with van der Waals surface area (Å²) in [4.78, 5) is 0. The normalized spacial score (nSPS) is 10.3. The topological polar surface area (TPSA) is 41.6 Å². The van der Waals surface area contributed by atoms with Crippen LogP contribution >= 0.6 is 27.5 Å². The van der Waals surface area contributed by atoms with Crippen molar-refractivity contribution in [3.05, 3.63) is 33.9 Å². The fourth-order valence-electron chi connectivity index (χ4n) is 0.996. The van der Waals surface area contributed by atoms with Gasteiger partial charge in [0.05, 0.1) is 11.2 Å². The van der Waals surface area contributed by atoms with Gasteiger partial charge in [-0.2, -0.15) is 15.4 Å². The smallest absolute Gasteiger partial charge is 0.112 e. The van der Waals surface area contributed by atoms with E-state index >= 15 is 0 Å². The highest BCUT2D eigenvalue weighted by molar-refractivity contribution is 9.10. The molecule has 0 atom stereocenters. The number of halogens is 2. The molecule has 0 aliphatic rings. The van der Waals surface area contributed by atoms with Crippen molar-refractivity contribution in [2.75, 3.05) is 0 Å². The van der Waals surface area contributed by atoms with Gasteiger partial charge in [-0.1, -0.05) is 17.7 Å². The molecular weight excluding hydrogens is 253 g/mol. The SMILES string of the molecule is Clc1cc(-c2cn[nH]n2)ccc1Br. The number of rotatable bonds is 1. The lowest BCUT2D eigenvalue weighted by atomic mass is 10.2. The Morgan fingerprint density at radius 2 is 2.23 bits per heavy atom. The predicted octanol–water partition coefficient (Wildman–Crippen LogP) is 2.89. The second-order valence-electron chi connectivity index (χ2n) is 2.48. The Kier molecular flexibility index (Phi) is 2.33. The van der Waals surface area contributed by atoms with Crippen LogP contribution in [0.25, 0.3) is 11.3 Å². The minimum absolute atomic E-state index is 0.667. The van der Waals surface area contributed by atoms with E-state index in [0.717, 1.165) is 15.7 Å². The van der Waals surface area contributed by atoms with E-state index in [2.05, 4.69) is 31.3 Å². The number of nitrogens with zero attached hydrogens (tertiary/aromatic N) is 2. The summed E-state index contributed by atoms with van der Waals surface area (Å²) >= 11 is 9.24. The molecule has 66 valence electrons. The van der Waals surface area contributed by atoms with Crippen LogP contribution in [0.1, 0.15) is 0 Å². The highest BCUT2D eigenvalue weighted by atomic mass is 79.9. The molecule has 5 heteroatoms. The van der Waals surface area contributed by atoms with Crippen molar-refractivity contribution in [3.8, 4) is 11.3 Å². The molecule has 0 spiro atoms. The number of aromatic amines is 1. The molecule has 13 heavy (non-hydrogen) atoms. The first-order valence-electron chi connectivity index (χ1n) is 3.58. The Labute approximate surface area is 88.2 Å². The van der Waals surface area contributed by atoms with Gasteiger partial charge in [0.1, 0.15) is 5.69 Å². The van der Waals surface area contributed by atoms with E-state index in [4.69, 9.17) is 11.6 Å². The number of benzene rings is 1. The molecular formula is C8H5BrClN3. The Hall–Kier alpha value is -0.870. The summed E-state index contributed by atoms with van der Waals surface area (Å²) in [5.74, 6) is 0. The maximum Gasteiger partial charge on any atom is 0.112 e. The third kappa shape index (κ3) is 1.73. The molecule has 2 aromatic rings. The van der Waals surface area contributed by atoms with Crippen LogP contribution in [0, 0.1) is 0 Å². The first-order valence-corrected chi connectivity index (χ1v) is 4.75. The molecule has 3 nitrogen and oxygen atoms in total. The van der Waals surface area contributed by atoms with Crippen molar-refractivity contribution in [1.82, 2.24) is 15.4 Å². The largest absolute Gasteiger partial charge is 0.197 e. The van der Waals surface area contributed by atoms with Crippen LogP contribution in [0.2, 0.25) is 5.02 Å². The van der Waals surface area contributed by atoms with E-state index in [1.807, 2.05) is 18.2 Å². The maximum absolute atomic E-state index is 5.93. The summed E-state index contributed by atoms with van der Waals surface area (Å²) in [5, 5.41) is 10.9. The fourth-order valence-corrected chi connectivity index (χ4v) is 1.42. The number of aromatic nitrogens is 3. The van der Waals surface area contributed by atoms with Crippen molar-refractivity contribution < 1.29 is 0 Å². The minimum Gasteiger partial charge on any atom is -0.197 e. The highest BCUT2D eigenvalue weighted by Crippen LogP contribution is 2.27. The zero-order valence-corrected chi connectivity index (χ0v) is 8.80. The van der Waals surface area contributed by atoms with Crippen LogP contribution in [0.3, 0.4) is 0 Å². The fraction of sp³-hybridized carbons (Fsp3) is 0. The van der Waals surface area contributed by atoms with Gasteiger partial charge in [0, 0.05) is 10.0 Å². The first-order chi connectivity index (χ1) is 6.27. The average Bonchev–Trinajstić information content (AvgIpc) is 2.62. The molecule has 1 aromatic carbocycles. The molecule has 1 aromatic heterocycles. The molecule has 2 rings (SSSR count). The maximum atomic E-state index is 5.93. The summed E-state index contributed by atoms with van der Waals surface area (Å²) in [6.07, 6.45) is 1.65. The Morgan fingerprint density at radius 3 is 2.85 bits per heavy atom. The summed E-state index contributed by atoms with van der Waals surface area (Å²) in [6.45, 7) is 0. The standard InChI is InChI=1S/C8H5BrClN3/c9-6-2-1-5(3-7(6)10)8-4-11-13-12-8/h1-4H,(H,11,12,13). The lowest BCUT2D eigenvalue weighted by Gasteiger charge is -1.98. The Bertz CT molecular complexity index is 413. The van der Waals surface area contributed by atoms with Crippen LogP contribution in [-0.4, -0.2) is 15.4 Å². The molecule has 0 radical (unpaired) electrons. The second kappa shape index (κ2) is 3.47. The van der Waals surface area contributed by atoms with Crippen LogP contribution in [0.4, 0.5) is 0 Å². The van der Waals surface area contributed by atoms with Crippen LogP contribution in [0.15, 0.2) is 28.9 Å². The lowest BCUT2D eigenvalue weighted by Crippen LogP contribution is -1.78. The van der Waals surface area contributed by atoms with Gasteiger partial charge in [-0.3, -0.25) is 0 Å². The quantitative estimate of drug-likeness (QED) is 0.854. The molecule has 0 fully saturated rings. The summed E-state index contributed by atoms with van der Waals surface area (Å²) < 4.78 is 0.876. The number of hydrogen-bond acceptors (Lipinski definition) is 2. The van der Waals surface area contributed by atoms with Crippen molar-refractivity contribution >= 4 is 27.5 Å². The van der Waals surface area contributed by atoms with Gasteiger partial charge >= 0.3 is 0 Å². The average molecular weight is 259 g/mol. The van der Waals surface area contributed by atoms with E-state index in [-0.39, 0.29) is 0 Å². The van der Waals surface area contributed by atoms with Gasteiger partial charge in [-0.15, -0.1) is 0 Å². The molecule has 0 amide bonds. The molecule has 0 unspecified atom stereocenters. The first kappa shape index (κ1) is 8.72. The van der Waals surface area contributed by atoms with E-state index in [1.165, 1.54) is 0 Å². The number of hydrogen-bond donors (Lipinski definition) is 1. The van der Waals surface area contributed by atoms with Gasteiger partial charge in [-0.05, 0) is 28.1 Å². The monoisotopic (exact) mass is 257 g/mol. The van der Waals surface area contributed by atoms with Crippen molar-refractivity contribution in [1.29, 1.82) is 0 Å². The highest BCUT2D eigenvalue weighted by Gasteiger charge is 2.03. The summed E-state index contributed by atoms with van der Waals surface area (Å²) in [7, 11) is 0. The molecule has 0 saturated carbocycles. The lowest BCUT2D eigenvalue weighted by molar-refractivity contribution is 0.942. The van der Waals surface area contributed by atoms with E-state index in [0.29, 0.717) is 5.02 Å². The van der Waals surface area contributed by atoms with Gasteiger partial charge < -0.3 is 0 Å². The summed E-state index contributed by atoms with van der Waals surface area (Å²) in [6, 6.07) is 5.64. The van der Waals surface area contributed by atoms with Crippen LogP contribution in [-0.2, 0) is 0 Å². The molecule has 1 N–H and O–H groups in total. The van der Waals surface area contributed by atoms with E-state index < -0.39 is 0 Å². The van der Waals surface area contributed by atoms with Gasteiger partial charge in [-0.25, -0.2) is 0 Å². The van der Waals surface area contributed by atoms with Gasteiger partial charge in [0.25, 0.3) is 0 Å². The van der Waals surface area contributed by atoms with E-state index in [1.54, 1.807) is 6.20 Å². The second-order valence-corrected chi connectivity index (χ2v) is 3.75. The third-order valence-electron chi connectivity index (χ3n) is 1.63. The van der Waals surface area contributed by atoms with Gasteiger partial charge in [0.2, 0.25) is 0 Å². The molecule has 0 bridgehead atoms. The molecule has 0 saturated heterocycles. The Morgan fingerprint density at radius 1 is 1.38 bits per heavy atom. The number of nitrogens with one attached hydrogen (secondary N) is 1. The molecule has 1 heterocycles. The van der Waals surface area contributed by atoms with Gasteiger partial charge in [0.15, 0.2) is 0 Å². The van der Waals surface area contributed by atoms with E-state index in [9.17, 15) is 0 Å². The molecule has 0 aliphatic heterocycles. The zero-order chi connectivity index (χ0) is 9.26. The van der Waals surface area contributed by atoms with Crippen molar-refractivity contribution in [2.45, 2.75) is 0 Å². The van der Waals surface area contributed by atoms with Crippen LogP contribution < -0.4 is 0 Å². The molecule has 0 aliphatic carbocycles. The zero-order valence-electron chi connectivity index (χ0n) is 6.46. The Balaban J connectivity index is 2.49.